The van der Waals surface area contributed by atoms with Gasteiger partial charge in [0, 0.05) is 23.8 Å². The van der Waals surface area contributed by atoms with Crippen molar-refractivity contribution in [2.75, 3.05) is 6.61 Å². The molecule has 0 unspecified atom stereocenters. The first-order valence-corrected chi connectivity index (χ1v) is 6.73. The second-order valence-corrected chi connectivity index (χ2v) is 5.60. The van der Waals surface area contributed by atoms with E-state index in [4.69, 9.17) is 4.74 Å². The SMILES string of the molecule is Cc1cc(C)c(CNC(C)C)c(OCC(C)C)n1. The van der Waals surface area contributed by atoms with Gasteiger partial charge in [-0.2, -0.15) is 0 Å². The number of pyridine rings is 1. The molecule has 0 saturated heterocycles. The molecule has 0 bridgehead atoms. The van der Waals surface area contributed by atoms with Crippen molar-refractivity contribution < 1.29 is 4.74 Å². The number of nitrogens with one attached hydrogen (secondary N) is 1. The monoisotopic (exact) mass is 250 g/mol. The zero-order valence-corrected chi connectivity index (χ0v) is 12.5. The first-order chi connectivity index (χ1) is 8.40. The lowest BCUT2D eigenvalue weighted by molar-refractivity contribution is 0.257. The van der Waals surface area contributed by atoms with Gasteiger partial charge in [0.2, 0.25) is 5.88 Å². The fourth-order valence-corrected chi connectivity index (χ4v) is 1.72. The van der Waals surface area contributed by atoms with Crippen LogP contribution >= 0.6 is 0 Å². The van der Waals surface area contributed by atoms with Crippen molar-refractivity contribution in [3.05, 3.63) is 22.9 Å². The summed E-state index contributed by atoms with van der Waals surface area (Å²) in [5.41, 5.74) is 3.43. The highest BCUT2D eigenvalue weighted by Gasteiger charge is 2.11. The Morgan fingerprint density at radius 1 is 1.22 bits per heavy atom. The molecule has 18 heavy (non-hydrogen) atoms. The van der Waals surface area contributed by atoms with Crippen LogP contribution in [0.2, 0.25) is 0 Å². The normalized spacial score (nSPS) is 11.3. The number of aromatic nitrogens is 1. The lowest BCUT2D eigenvalue weighted by atomic mass is 10.1. The van der Waals surface area contributed by atoms with E-state index in [2.05, 4.69) is 51.0 Å². The molecule has 0 radical (unpaired) electrons. The van der Waals surface area contributed by atoms with E-state index in [1.165, 1.54) is 11.1 Å². The van der Waals surface area contributed by atoms with E-state index in [9.17, 15) is 0 Å². The third-order valence-corrected chi connectivity index (χ3v) is 2.68. The summed E-state index contributed by atoms with van der Waals surface area (Å²) in [7, 11) is 0. The molecule has 0 aliphatic rings. The second-order valence-electron chi connectivity index (χ2n) is 5.60. The molecule has 1 heterocycles. The molecule has 1 N–H and O–H groups in total. The second kappa shape index (κ2) is 6.74. The van der Waals surface area contributed by atoms with Crippen LogP contribution in [0.25, 0.3) is 0 Å². The Morgan fingerprint density at radius 3 is 2.44 bits per heavy atom. The van der Waals surface area contributed by atoms with Crippen LogP contribution in [0.15, 0.2) is 6.07 Å². The third-order valence-electron chi connectivity index (χ3n) is 2.68. The molecule has 1 aromatic rings. The van der Waals surface area contributed by atoms with Gasteiger partial charge in [-0.15, -0.1) is 0 Å². The molecular formula is C15H26N2O. The van der Waals surface area contributed by atoms with Crippen LogP contribution in [0, 0.1) is 19.8 Å². The van der Waals surface area contributed by atoms with Gasteiger partial charge in [-0.1, -0.05) is 27.7 Å². The van der Waals surface area contributed by atoms with E-state index in [-0.39, 0.29) is 0 Å². The van der Waals surface area contributed by atoms with Crippen LogP contribution in [0.4, 0.5) is 0 Å². The van der Waals surface area contributed by atoms with Gasteiger partial charge in [0.1, 0.15) is 0 Å². The molecule has 0 aliphatic carbocycles. The minimum atomic E-state index is 0.462. The van der Waals surface area contributed by atoms with E-state index in [1.807, 2.05) is 6.92 Å². The van der Waals surface area contributed by atoms with Gasteiger partial charge in [-0.25, -0.2) is 4.98 Å². The molecule has 0 atom stereocenters. The molecule has 0 aromatic carbocycles. The summed E-state index contributed by atoms with van der Waals surface area (Å²) in [6.45, 7) is 14.2. The average molecular weight is 250 g/mol. The van der Waals surface area contributed by atoms with Crippen molar-refractivity contribution >= 4 is 0 Å². The smallest absolute Gasteiger partial charge is 0.218 e. The topological polar surface area (TPSA) is 34.1 Å². The zero-order valence-electron chi connectivity index (χ0n) is 12.5. The minimum Gasteiger partial charge on any atom is -0.477 e. The first kappa shape index (κ1) is 15.0. The fourth-order valence-electron chi connectivity index (χ4n) is 1.72. The summed E-state index contributed by atoms with van der Waals surface area (Å²) >= 11 is 0. The summed E-state index contributed by atoms with van der Waals surface area (Å²) < 4.78 is 5.84. The zero-order chi connectivity index (χ0) is 13.7. The lowest BCUT2D eigenvalue weighted by Gasteiger charge is -2.16. The Kier molecular flexibility index (Phi) is 5.60. The van der Waals surface area contributed by atoms with Crippen LogP contribution in [0.1, 0.15) is 44.5 Å². The number of aryl methyl sites for hydroxylation is 2. The molecule has 0 aliphatic heterocycles. The van der Waals surface area contributed by atoms with Gasteiger partial charge in [0.05, 0.1) is 6.61 Å². The molecule has 0 saturated carbocycles. The maximum absolute atomic E-state index is 5.84. The van der Waals surface area contributed by atoms with Crippen LogP contribution in [0.3, 0.4) is 0 Å². The van der Waals surface area contributed by atoms with Gasteiger partial charge in [0.25, 0.3) is 0 Å². The maximum atomic E-state index is 5.84. The average Bonchev–Trinajstić information content (AvgIpc) is 2.24. The van der Waals surface area contributed by atoms with Crippen LogP contribution in [-0.4, -0.2) is 17.6 Å². The van der Waals surface area contributed by atoms with E-state index in [0.29, 0.717) is 18.6 Å². The third kappa shape index (κ3) is 4.65. The Hall–Kier alpha value is -1.09. The molecule has 1 aromatic heterocycles. The highest BCUT2D eigenvalue weighted by atomic mass is 16.5. The highest BCUT2D eigenvalue weighted by molar-refractivity contribution is 5.35. The molecule has 3 nitrogen and oxygen atoms in total. The van der Waals surface area contributed by atoms with Gasteiger partial charge in [-0.05, 0) is 31.4 Å². The van der Waals surface area contributed by atoms with Gasteiger partial charge in [-0.3, -0.25) is 0 Å². The van der Waals surface area contributed by atoms with Crippen molar-refractivity contribution in [3.8, 4) is 5.88 Å². The fraction of sp³-hybridized carbons (Fsp3) is 0.667. The van der Waals surface area contributed by atoms with Crippen molar-refractivity contribution in [3.63, 3.8) is 0 Å². The summed E-state index contributed by atoms with van der Waals surface area (Å²) in [5, 5.41) is 3.43. The van der Waals surface area contributed by atoms with E-state index < -0.39 is 0 Å². The van der Waals surface area contributed by atoms with Crippen molar-refractivity contribution in [2.24, 2.45) is 5.92 Å². The lowest BCUT2D eigenvalue weighted by Crippen LogP contribution is -2.23. The van der Waals surface area contributed by atoms with E-state index >= 15 is 0 Å². The van der Waals surface area contributed by atoms with Crippen LogP contribution < -0.4 is 10.1 Å². The van der Waals surface area contributed by atoms with Gasteiger partial charge in [0.15, 0.2) is 0 Å². The Labute approximate surface area is 111 Å². The summed E-state index contributed by atoms with van der Waals surface area (Å²) in [4.78, 5) is 4.52. The quantitative estimate of drug-likeness (QED) is 0.841. The molecule has 0 amide bonds. The first-order valence-electron chi connectivity index (χ1n) is 6.73. The van der Waals surface area contributed by atoms with Gasteiger partial charge >= 0.3 is 0 Å². The number of hydrogen-bond acceptors (Lipinski definition) is 3. The summed E-state index contributed by atoms with van der Waals surface area (Å²) in [5.74, 6) is 1.30. The Morgan fingerprint density at radius 2 is 1.89 bits per heavy atom. The largest absolute Gasteiger partial charge is 0.477 e. The van der Waals surface area contributed by atoms with Crippen molar-refractivity contribution in [1.29, 1.82) is 0 Å². The molecule has 1 rings (SSSR count). The van der Waals surface area contributed by atoms with Gasteiger partial charge < -0.3 is 10.1 Å². The molecule has 102 valence electrons. The maximum Gasteiger partial charge on any atom is 0.218 e. The minimum absolute atomic E-state index is 0.462. The number of ether oxygens (including phenoxy) is 1. The predicted molar refractivity (Wildman–Crippen MR) is 76.0 cm³/mol. The van der Waals surface area contributed by atoms with E-state index in [0.717, 1.165) is 18.1 Å². The van der Waals surface area contributed by atoms with Crippen LogP contribution in [0.5, 0.6) is 5.88 Å². The molecule has 0 spiro atoms. The Bertz CT molecular complexity index is 386. The van der Waals surface area contributed by atoms with E-state index in [1.54, 1.807) is 0 Å². The van der Waals surface area contributed by atoms with Crippen molar-refractivity contribution in [2.45, 2.75) is 54.1 Å². The van der Waals surface area contributed by atoms with Crippen LogP contribution in [-0.2, 0) is 6.54 Å². The molecule has 3 heteroatoms. The number of nitrogens with zero attached hydrogens (tertiary/aromatic N) is 1. The number of hydrogen-bond donors (Lipinski definition) is 1. The highest BCUT2D eigenvalue weighted by Crippen LogP contribution is 2.21. The predicted octanol–water partition coefficient (Wildman–Crippen LogP) is 3.23. The van der Waals surface area contributed by atoms with Crippen molar-refractivity contribution in [1.82, 2.24) is 10.3 Å². The standard InChI is InChI=1S/C15H26N2O/c1-10(2)9-18-15-14(8-16-11(3)4)12(5)7-13(6)17-15/h7,10-11,16H,8-9H2,1-6H3. The summed E-state index contributed by atoms with van der Waals surface area (Å²) in [6, 6.07) is 2.57. The number of rotatable bonds is 6. The summed E-state index contributed by atoms with van der Waals surface area (Å²) in [6.07, 6.45) is 0. The Balaban J connectivity index is 2.89. The molecular weight excluding hydrogens is 224 g/mol. The molecule has 0 fully saturated rings.